The van der Waals surface area contributed by atoms with Gasteiger partial charge in [0.15, 0.2) is 6.10 Å². The zero-order chi connectivity index (χ0) is 50.0. The second-order valence-electron chi connectivity index (χ2n) is 17.0. The molecule has 6 nitrogen and oxygen atoms in total. The summed E-state index contributed by atoms with van der Waals surface area (Å²) in [4.78, 5) is 37.8. The van der Waals surface area contributed by atoms with Crippen molar-refractivity contribution in [2.45, 2.75) is 207 Å². The largest absolute Gasteiger partial charge is 0.462 e. The molecule has 0 aliphatic rings. The number of esters is 3. The van der Waals surface area contributed by atoms with Crippen LogP contribution in [0.4, 0.5) is 0 Å². The normalized spacial score (nSPS) is 13.4. The summed E-state index contributed by atoms with van der Waals surface area (Å²) in [6.45, 7) is 6.24. The summed E-state index contributed by atoms with van der Waals surface area (Å²) >= 11 is 0. The van der Waals surface area contributed by atoms with Crippen LogP contribution in [0.1, 0.15) is 201 Å². The van der Waals surface area contributed by atoms with E-state index in [-0.39, 0.29) is 38.0 Å². The van der Waals surface area contributed by atoms with Crippen LogP contribution in [0.3, 0.4) is 0 Å². The standard InChI is InChI=1S/C63H96O6/c1-4-7-10-13-16-19-21-23-24-25-26-27-28-29-30-31-32-33-34-35-36-37-38-40-41-44-47-50-53-56-62(65)68-59-60(58-67-61(64)55-52-49-46-43-18-15-12-9-6-3)69-63(66)57-54-51-48-45-42-39-22-20-17-14-11-8-5-2/h7-8,10-11,16-17,19-20,23-24,26-27,29-30,32-33,35-36,38-40,42,44,47-48,51,60H,4-6,9,12-15,18,21-22,25,28,31,34,37,41,43,45-46,49-50,52-59H2,1-3H3/b10-7-,11-8-,19-16-,20-17-,24-23-,27-26-,30-29-,33-32-,36-35-,40-38-,42-39-,47-44-,51-48-. The number of allylic oxidation sites excluding steroid dienone is 26. The molecule has 0 bridgehead atoms. The molecule has 1 unspecified atom stereocenters. The van der Waals surface area contributed by atoms with E-state index in [9.17, 15) is 14.4 Å². The van der Waals surface area contributed by atoms with Gasteiger partial charge in [-0.2, -0.15) is 0 Å². The summed E-state index contributed by atoms with van der Waals surface area (Å²) in [6, 6.07) is 0. The Morgan fingerprint density at radius 3 is 0.942 bits per heavy atom. The minimum Gasteiger partial charge on any atom is -0.462 e. The second kappa shape index (κ2) is 55.6. The van der Waals surface area contributed by atoms with Gasteiger partial charge < -0.3 is 14.2 Å². The molecule has 0 aliphatic heterocycles. The van der Waals surface area contributed by atoms with Crippen LogP contribution in [0.2, 0.25) is 0 Å². The Morgan fingerprint density at radius 2 is 0.594 bits per heavy atom. The van der Waals surface area contributed by atoms with Crippen LogP contribution in [0.25, 0.3) is 0 Å². The minimum absolute atomic E-state index is 0.130. The Bertz CT molecular complexity index is 1610. The highest BCUT2D eigenvalue weighted by Gasteiger charge is 2.19. The Labute approximate surface area is 422 Å². The summed E-state index contributed by atoms with van der Waals surface area (Å²) in [6.07, 6.45) is 81.2. The van der Waals surface area contributed by atoms with Gasteiger partial charge in [-0.25, -0.2) is 0 Å². The minimum atomic E-state index is -0.843. The number of hydrogen-bond acceptors (Lipinski definition) is 6. The van der Waals surface area contributed by atoms with Crippen molar-refractivity contribution in [1.29, 1.82) is 0 Å². The van der Waals surface area contributed by atoms with Crippen molar-refractivity contribution in [3.05, 3.63) is 158 Å². The molecule has 6 heteroatoms. The number of carbonyl (C=O) groups excluding carboxylic acids is 3. The fraction of sp³-hybridized carbons (Fsp3) is 0.540. The topological polar surface area (TPSA) is 78.9 Å². The maximum Gasteiger partial charge on any atom is 0.306 e. The Hall–Kier alpha value is -4.97. The molecule has 0 saturated heterocycles. The first kappa shape index (κ1) is 64.0. The van der Waals surface area contributed by atoms with Crippen LogP contribution >= 0.6 is 0 Å². The summed E-state index contributed by atoms with van der Waals surface area (Å²) in [5, 5.41) is 0. The van der Waals surface area contributed by atoms with E-state index in [1.54, 1.807) is 0 Å². The van der Waals surface area contributed by atoms with Crippen molar-refractivity contribution in [1.82, 2.24) is 0 Å². The fourth-order valence-electron chi connectivity index (χ4n) is 6.57. The maximum absolute atomic E-state index is 12.7. The van der Waals surface area contributed by atoms with E-state index in [4.69, 9.17) is 14.2 Å². The average molecular weight is 949 g/mol. The lowest BCUT2D eigenvalue weighted by molar-refractivity contribution is -0.166. The number of unbranched alkanes of at least 4 members (excludes halogenated alkanes) is 9. The van der Waals surface area contributed by atoms with E-state index in [1.807, 2.05) is 12.2 Å². The molecule has 0 N–H and O–H groups in total. The van der Waals surface area contributed by atoms with Gasteiger partial charge in [0.1, 0.15) is 13.2 Å². The SMILES string of the molecule is CC/C=C\C/C=C\C/C=C\C/C=C\C/C=C\C/C=C\C/C=C\C/C=C\C/C=C\CCCC(=O)OCC(COC(=O)CCCCCCCCCCC)OC(=O)CC/C=C\C/C=C\C/C=C\C/C=C\CC. The van der Waals surface area contributed by atoms with Crippen molar-refractivity contribution in [3.63, 3.8) is 0 Å². The van der Waals surface area contributed by atoms with E-state index in [0.29, 0.717) is 19.3 Å². The zero-order valence-corrected chi connectivity index (χ0v) is 43.8. The van der Waals surface area contributed by atoms with Crippen LogP contribution in [0, 0.1) is 0 Å². The lowest BCUT2D eigenvalue weighted by Gasteiger charge is -2.18. The maximum atomic E-state index is 12.7. The molecule has 0 amide bonds. The van der Waals surface area contributed by atoms with Gasteiger partial charge in [-0.15, -0.1) is 0 Å². The lowest BCUT2D eigenvalue weighted by Crippen LogP contribution is -2.30. The Balaban J connectivity index is 4.43. The summed E-state index contributed by atoms with van der Waals surface area (Å²) in [5.41, 5.74) is 0. The molecule has 0 radical (unpaired) electrons. The van der Waals surface area contributed by atoms with Crippen molar-refractivity contribution in [3.8, 4) is 0 Å². The Kier molecular flexibility index (Phi) is 51.6. The van der Waals surface area contributed by atoms with Gasteiger partial charge in [-0.05, 0) is 109 Å². The van der Waals surface area contributed by atoms with Crippen LogP contribution in [0.15, 0.2) is 158 Å². The first-order valence-electron chi connectivity index (χ1n) is 27.0. The third kappa shape index (κ3) is 53.8. The number of rotatable bonds is 46. The molecule has 0 aromatic carbocycles. The van der Waals surface area contributed by atoms with Gasteiger partial charge in [-0.3, -0.25) is 14.4 Å². The van der Waals surface area contributed by atoms with Gasteiger partial charge in [0, 0.05) is 19.3 Å². The van der Waals surface area contributed by atoms with E-state index in [2.05, 4.69) is 167 Å². The van der Waals surface area contributed by atoms with Crippen molar-refractivity contribution in [2.24, 2.45) is 0 Å². The first-order valence-corrected chi connectivity index (χ1v) is 27.0. The molecule has 0 aromatic rings. The van der Waals surface area contributed by atoms with Crippen molar-refractivity contribution < 1.29 is 28.6 Å². The van der Waals surface area contributed by atoms with E-state index >= 15 is 0 Å². The molecule has 0 saturated carbocycles. The molecular weight excluding hydrogens is 853 g/mol. The van der Waals surface area contributed by atoms with E-state index in [1.165, 1.54) is 38.5 Å². The predicted molar refractivity (Wildman–Crippen MR) is 297 cm³/mol. The highest BCUT2D eigenvalue weighted by molar-refractivity contribution is 5.71. The molecule has 0 heterocycles. The molecule has 0 fully saturated rings. The van der Waals surface area contributed by atoms with Crippen molar-refractivity contribution in [2.75, 3.05) is 13.2 Å². The molecule has 384 valence electrons. The third-order valence-electron chi connectivity index (χ3n) is 10.5. The van der Waals surface area contributed by atoms with Gasteiger partial charge in [0.2, 0.25) is 0 Å². The van der Waals surface area contributed by atoms with E-state index < -0.39 is 12.1 Å². The molecule has 1 atom stereocenters. The van der Waals surface area contributed by atoms with Gasteiger partial charge in [-0.1, -0.05) is 230 Å². The first-order chi connectivity index (χ1) is 34.0. The molecule has 69 heavy (non-hydrogen) atoms. The monoisotopic (exact) mass is 949 g/mol. The van der Waals surface area contributed by atoms with Crippen molar-refractivity contribution >= 4 is 17.9 Å². The quantitative estimate of drug-likeness (QED) is 0.0262. The molecule has 0 rings (SSSR count). The second-order valence-corrected chi connectivity index (χ2v) is 17.0. The van der Waals surface area contributed by atoms with Crippen LogP contribution in [0.5, 0.6) is 0 Å². The fourth-order valence-corrected chi connectivity index (χ4v) is 6.57. The molecule has 0 aromatic heterocycles. The third-order valence-corrected chi connectivity index (χ3v) is 10.5. The average Bonchev–Trinajstić information content (AvgIpc) is 3.35. The summed E-state index contributed by atoms with van der Waals surface area (Å²) < 4.78 is 16.6. The predicted octanol–water partition coefficient (Wildman–Crippen LogP) is 18.2. The highest BCUT2D eigenvalue weighted by atomic mass is 16.6. The van der Waals surface area contributed by atoms with Crippen LogP contribution in [-0.4, -0.2) is 37.2 Å². The van der Waals surface area contributed by atoms with Gasteiger partial charge in [0.25, 0.3) is 0 Å². The van der Waals surface area contributed by atoms with Gasteiger partial charge in [0.05, 0.1) is 0 Å². The molecular formula is C63H96O6. The molecule has 0 spiro atoms. The zero-order valence-electron chi connectivity index (χ0n) is 43.8. The van der Waals surface area contributed by atoms with E-state index in [0.717, 1.165) is 109 Å². The highest BCUT2D eigenvalue weighted by Crippen LogP contribution is 2.12. The Morgan fingerprint density at radius 1 is 0.304 bits per heavy atom. The van der Waals surface area contributed by atoms with Crippen LogP contribution < -0.4 is 0 Å². The number of ether oxygens (including phenoxy) is 3. The summed E-state index contributed by atoms with van der Waals surface area (Å²) in [7, 11) is 0. The van der Waals surface area contributed by atoms with Crippen LogP contribution in [-0.2, 0) is 28.6 Å². The number of carbonyl (C=O) groups is 3. The van der Waals surface area contributed by atoms with Gasteiger partial charge >= 0.3 is 17.9 Å². The summed E-state index contributed by atoms with van der Waals surface area (Å²) in [5.74, 6) is -1.09. The number of hydrogen-bond donors (Lipinski definition) is 0. The smallest absolute Gasteiger partial charge is 0.306 e. The molecule has 0 aliphatic carbocycles. The lowest BCUT2D eigenvalue weighted by atomic mass is 10.1.